The molecule has 0 aromatic heterocycles. The highest BCUT2D eigenvalue weighted by Crippen LogP contribution is 2.24. The van der Waals surface area contributed by atoms with Gasteiger partial charge in [-0.25, -0.2) is 0 Å². The summed E-state index contributed by atoms with van der Waals surface area (Å²) in [5.74, 6) is 0.330. The van der Waals surface area contributed by atoms with Crippen molar-refractivity contribution < 1.29 is 9.59 Å². The molecule has 102 valence electrons. The molecule has 0 heterocycles. The summed E-state index contributed by atoms with van der Waals surface area (Å²) < 4.78 is 0. The van der Waals surface area contributed by atoms with Gasteiger partial charge in [0, 0.05) is 12.0 Å². The fourth-order valence-corrected chi connectivity index (χ4v) is 2.18. The summed E-state index contributed by atoms with van der Waals surface area (Å²) >= 11 is 0. The normalized spacial score (nSPS) is 11.9. The number of hydrogen-bond donors (Lipinski definition) is 0. The summed E-state index contributed by atoms with van der Waals surface area (Å²) in [5, 5.41) is 0. The molecule has 2 aromatic rings. The fraction of sp³-hybridized carbons (Fsp3) is 0.222. The van der Waals surface area contributed by atoms with Crippen LogP contribution in [-0.2, 0) is 4.79 Å². The van der Waals surface area contributed by atoms with Crippen LogP contribution in [0.5, 0.6) is 0 Å². The highest BCUT2D eigenvalue weighted by atomic mass is 16.1. The van der Waals surface area contributed by atoms with Crippen LogP contribution in [0.2, 0.25) is 0 Å². The minimum Gasteiger partial charge on any atom is -0.303 e. The molecular formula is C18H18O2. The molecule has 1 atom stereocenters. The molecule has 2 heteroatoms. The van der Waals surface area contributed by atoms with Gasteiger partial charge in [-0.15, -0.1) is 0 Å². The van der Waals surface area contributed by atoms with Gasteiger partial charge < -0.3 is 4.79 Å². The Hall–Kier alpha value is -2.22. The predicted molar refractivity (Wildman–Crippen MR) is 81.0 cm³/mol. The van der Waals surface area contributed by atoms with Gasteiger partial charge in [0.2, 0.25) is 0 Å². The zero-order chi connectivity index (χ0) is 14.5. The Kier molecular flexibility index (Phi) is 4.46. The van der Waals surface area contributed by atoms with Crippen LogP contribution in [0.15, 0.2) is 48.5 Å². The second-order valence-corrected chi connectivity index (χ2v) is 5.06. The topological polar surface area (TPSA) is 34.1 Å². The van der Waals surface area contributed by atoms with Crippen LogP contribution in [-0.4, -0.2) is 12.1 Å². The first kappa shape index (κ1) is 14.2. The smallest absolute Gasteiger partial charge is 0.159 e. The largest absolute Gasteiger partial charge is 0.303 e. The third kappa shape index (κ3) is 3.21. The first-order valence-electron chi connectivity index (χ1n) is 6.77. The van der Waals surface area contributed by atoms with Gasteiger partial charge in [0.05, 0.1) is 0 Å². The molecule has 0 saturated heterocycles. The van der Waals surface area contributed by atoms with Crippen LogP contribution in [0.1, 0.15) is 42.1 Å². The van der Waals surface area contributed by atoms with E-state index in [0.717, 1.165) is 23.0 Å². The molecule has 2 rings (SSSR count). The Bertz CT molecular complexity index is 594. The van der Waals surface area contributed by atoms with Gasteiger partial charge in [0.15, 0.2) is 5.78 Å². The van der Waals surface area contributed by atoms with E-state index < -0.39 is 0 Å². The lowest BCUT2D eigenvalue weighted by molar-refractivity contribution is -0.108. The molecule has 0 aliphatic rings. The standard InChI is InChI=1S/C18H18O2/c1-13(11-12-19)15-3-7-17(8-4-15)18-9-5-16(6-10-18)14(2)20/h3-10,12-13H,11H2,1-2H3. The van der Waals surface area contributed by atoms with E-state index in [1.807, 2.05) is 31.2 Å². The van der Waals surface area contributed by atoms with Crippen molar-refractivity contribution in [3.63, 3.8) is 0 Å². The second-order valence-electron chi connectivity index (χ2n) is 5.06. The first-order valence-corrected chi connectivity index (χ1v) is 6.77. The van der Waals surface area contributed by atoms with Crippen LogP contribution in [0.3, 0.4) is 0 Å². The van der Waals surface area contributed by atoms with Gasteiger partial charge in [0.1, 0.15) is 6.29 Å². The lowest BCUT2D eigenvalue weighted by Gasteiger charge is -2.09. The zero-order valence-electron chi connectivity index (χ0n) is 11.8. The maximum atomic E-state index is 11.2. The SMILES string of the molecule is CC(=O)c1ccc(-c2ccc(C(C)CC=O)cc2)cc1. The summed E-state index contributed by atoms with van der Waals surface area (Å²) in [6.45, 7) is 3.61. The van der Waals surface area contributed by atoms with E-state index in [4.69, 9.17) is 0 Å². The number of Topliss-reactive ketones (excluding diaryl/α,β-unsaturated/α-hetero) is 1. The highest BCUT2D eigenvalue weighted by Gasteiger charge is 2.05. The van der Waals surface area contributed by atoms with Crippen molar-refractivity contribution >= 4 is 12.1 Å². The van der Waals surface area contributed by atoms with Gasteiger partial charge in [-0.05, 0) is 29.5 Å². The number of ketones is 1. The molecule has 1 unspecified atom stereocenters. The summed E-state index contributed by atoms with van der Waals surface area (Å²) in [5.41, 5.74) is 4.10. The van der Waals surface area contributed by atoms with Gasteiger partial charge in [-0.3, -0.25) is 4.79 Å². The third-order valence-corrected chi connectivity index (χ3v) is 3.55. The Balaban J connectivity index is 2.21. The van der Waals surface area contributed by atoms with E-state index in [0.29, 0.717) is 6.42 Å². The van der Waals surface area contributed by atoms with Crippen LogP contribution in [0, 0.1) is 0 Å². The second kappa shape index (κ2) is 6.29. The molecule has 0 aliphatic carbocycles. The summed E-state index contributed by atoms with van der Waals surface area (Å²) in [6.07, 6.45) is 1.51. The van der Waals surface area contributed by atoms with Crippen LogP contribution >= 0.6 is 0 Å². The molecule has 0 N–H and O–H groups in total. The molecule has 0 spiro atoms. The van der Waals surface area contributed by atoms with Crippen molar-refractivity contribution in [1.29, 1.82) is 0 Å². The third-order valence-electron chi connectivity index (χ3n) is 3.55. The summed E-state index contributed by atoms with van der Waals surface area (Å²) in [7, 11) is 0. The zero-order valence-corrected chi connectivity index (χ0v) is 11.8. The number of aldehydes is 1. The fourth-order valence-electron chi connectivity index (χ4n) is 2.18. The van der Waals surface area contributed by atoms with Crippen molar-refractivity contribution in [2.45, 2.75) is 26.2 Å². The van der Waals surface area contributed by atoms with Crippen molar-refractivity contribution in [3.8, 4) is 11.1 Å². The summed E-state index contributed by atoms with van der Waals surface area (Å²) in [6, 6.07) is 15.8. The highest BCUT2D eigenvalue weighted by molar-refractivity contribution is 5.94. The Morgan fingerprint density at radius 3 is 1.95 bits per heavy atom. The quantitative estimate of drug-likeness (QED) is 0.599. The molecule has 0 aliphatic heterocycles. The van der Waals surface area contributed by atoms with E-state index in [2.05, 4.69) is 24.3 Å². The average molecular weight is 266 g/mol. The van der Waals surface area contributed by atoms with Crippen LogP contribution in [0.25, 0.3) is 11.1 Å². The minimum atomic E-state index is 0.0783. The Morgan fingerprint density at radius 1 is 1.00 bits per heavy atom. The minimum absolute atomic E-state index is 0.0783. The molecule has 2 aromatic carbocycles. The molecule has 0 amide bonds. The van der Waals surface area contributed by atoms with Gasteiger partial charge in [0.25, 0.3) is 0 Å². The summed E-state index contributed by atoms with van der Waals surface area (Å²) in [4.78, 5) is 21.8. The molecule has 2 nitrogen and oxygen atoms in total. The Labute approximate surface area is 119 Å². The molecule has 0 bridgehead atoms. The van der Waals surface area contributed by atoms with Crippen LogP contribution < -0.4 is 0 Å². The van der Waals surface area contributed by atoms with Crippen molar-refractivity contribution in [2.24, 2.45) is 0 Å². The van der Waals surface area contributed by atoms with Crippen molar-refractivity contribution in [2.75, 3.05) is 0 Å². The first-order chi connectivity index (χ1) is 9.61. The number of benzene rings is 2. The van der Waals surface area contributed by atoms with E-state index in [1.54, 1.807) is 6.92 Å². The lowest BCUT2D eigenvalue weighted by atomic mass is 9.95. The molecule has 20 heavy (non-hydrogen) atoms. The number of carbonyl (C=O) groups is 2. The molecule has 0 fully saturated rings. The number of rotatable bonds is 5. The van der Waals surface area contributed by atoms with Gasteiger partial charge in [-0.1, -0.05) is 55.5 Å². The predicted octanol–water partition coefficient (Wildman–Crippen LogP) is 4.25. The van der Waals surface area contributed by atoms with Crippen molar-refractivity contribution in [3.05, 3.63) is 59.7 Å². The van der Waals surface area contributed by atoms with E-state index in [9.17, 15) is 9.59 Å². The molecule has 0 radical (unpaired) electrons. The van der Waals surface area contributed by atoms with Gasteiger partial charge >= 0.3 is 0 Å². The van der Waals surface area contributed by atoms with Crippen molar-refractivity contribution in [1.82, 2.24) is 0 Å². The maximum Gasteiger partial charge on any atom is 0.159 e. The molecule has 0 saturated carbocycles. The van der Waals surface area contributed by atoms with E-state index in [1.165, 1.54) is 5.56 Å². The maximum absolute atomic E-state index is 11.2. The Morgan fingerprint density at radius 2 is 1.50 bits per heavy atom. The number of hydrogen-bond acceptors (Lipinski definition) is 2. The van der Waals surface area contributed by atoms with E-state index in [-0.39, 0.29) is 11.7 Å². The number of carbonyl (C=O) groups excluding carboxylic acids is 2. The van der Waals surface area contributed by atoms with Crippen LogP contribution in [0.4, 0.5) is 0 Å². The van der Waals surface area contributed by atoms with Gasteiger partial charge in [-0.2, -0.15) is 0 Å². The van der Waals surface area contributed by atoms with E-state index >= 15 is 0 Å². The monoisotopic (exact) mass is 266 g/mol. The molecular weight excluding hydrogens is 248 g/mol. The average Bonchev–Trinajstić information content (AvgIpc) is 2.48. The lowest BCUT2D eigenvalue weighted by Crippen LogP contribution is -1.94.